The van der Waals surface area contributed by atoms with Crippen LogP contribution in [-0.4, -0.2) is 21.5 Å². The Morgan fingerprint density at radius 2 is 0.957 bits per heavy atom. The maximum Gasteiger partial charge on any atom is 0.290 e. The molecule has 23 heavy (non-hydrogen) atoms. The third-order valence-corrected chi connectivity index (χ3v) is 3.09. The zero-order chi connectivity index (χ0) is 17.9. The second-order valence-corrected chi connectivity index (χ2v) is 7.08. The maximum absolute atomic E-state index is 8.36. The molecule has 0 atom stereocenters. The van der Waals surface area contributed by atoms with Crippen LogP contribution >= 0.6 is 0 Å². The smallest absolute Gasteiger partial charge is 0.290 e. The van der Waals surface area contributed by atoms with E-state index in [1.165, 1.54) is 11.1 Å². The van der Waals surface area contributed by atoms with Gasteiger partial charge >= 0.3 is 0 Å². The molecular formula is C19H28N2O2. The SMILES string of the molecule is CC(C)(C)c1ccncc1.CC(C)(C)c1ccncc1.O=CO. The molecule has 0 bridgehead atoms. The van der Waals surface area contributed by atoms with Crippen molar-refractivity contribution in [1.82, 2.24) is 9.97 Å². The first kappa shape index (κ1) is 20.8. The lowest BCUT2D eigenvalue weighted by molar-refractivity contribution is -0.122. The fourth-order valence-corrected chi connectivity index (χ4v) is 1.70. The van der Waals surface area contributed by atoms with E-state index in [2.05, 4.69) is 75.8 Å². The molecule has 2 heterocycles. The highest BCUT2D eigenvalue weighted by Gasteiger charge is 2.12. The zero-order valence-electron chi connectivity index (χ0n) is 14.9. The molecule has 126 valence electrons. The molecule has 0 saturated carbocycles. The van der Waals surface area contributed by atoms with Crippen LogP contribution < -0.4 is 0 Å². The van der Waals surface area contributed by atoms with Gasteiger partial charge in [-0.15, -0.1) is 0 Å². The Kier molecular flexibility index (Phi) is 8.78. The molecule has 0 aliphatic heterocycles. The number of nitrogens with zero attached hydrogens (tertiary/aromatic N) is 2. The maximum atomic E-state index is 8.36. The molecule has 0 saturated heterocycles. The fourth-order valence-electron chi connectivity index (χ4n) is 1.70. The minimum absolute atomic E-state index is 0.250. The molecular weight excluding hydrogens is 288 g/mol. The molecule has 0 amide bonds. The van der Waals surface area contributed by atoms with Gasteiger partial charge in [-0.1, -0.05) is 41.5 Å². The minimum atomic E-state index is -0.250. The second-order valence-electron chi connectivity index (χ2n) is 7.08. The molecule has 0 fully saturated rings. The van der Waals surface area contributed by atoms with Crippen LogP contribution in [0.3, 0.4) is 0 Å². The van der Waals surface area contributed by atoms with E-state index in [0.29, 0.717) is 0 Å². The fraction of sp³-hybridized carbons (Fsp3) is 0.421. The molecule has 0 spiro atoms. The third-order valence-electron chi connectivity index (χ3n) is 3.09. The van der Waals surface area contributed by atoms with Crippen LogP contribution in [0.2, 0.25) is 0 Å². The van der Waals surface area contributed by atoms with Crippen LogP contribution in [0, 0.1) is 0 Å². The Bertz CT molecular complexity index is 492. The Morgan fingerprint density at radius 1 is 0.739 bits per heavy atom. The monoisotopic (exact) mass is 316 g/mol. The summed E-state index contributed by atoms with van der Waals surface area (Å²) in [5, 5.41) is 6.89. The van der Waals surface area contributed by atoms with Crippen LogP contribution in [-0.2, 0) is 15.6 Å². The van der Waals surface area contributed by atoms with Crippen molar-refractivity contribution >= 4 is 6.47 Å². The van der Waals surface area contributed by atoms with E-state index >= 15 is 0 Å². The lowest BCUT2D eigenvalue weighted by Gasteiger charge is -2.17. The highest BCUT2D eigenvalue weighted by molar-refractivity contribution is 5.32. The summed E-state index contributed by atoms with van der Waals surface area (Å²) < 4.78 is 0. The number of carbonyl (C=O) groups is 1. The summed E-state index contributed by atoms with van der Waals surface area (Å²) >= 11 is 0. The van der Waals surface area contributed by atoms with Gasteiger partial charge < -0.3 is 5.11 Å². The van der Waals surface area contributed by atoms with Gasteiger partial charge in [0.05, 0.1) is 0 Å². The predicted molar refractivity (Wildman–Crippen MR) is 94.6 cm³/mol. The van der Waals surface area contributed by atoms with E-state index in [1.807, 2.05) is 24.8 Å². The molecule has 0 radical (unpaired) electrons. The van der Waals surface area contributed by atoms with Crippen LogP contribution in [0.5, 0.6) is 0 Å². The van der Waals surface area contributed by atoms with Crippen LogP contribution in [0.25, 0.3) is 0 Å². The summed E-state index contributed by atoms with van der Waals surface area (Å²) in [5.74, 6) is 0. The van der Waals surface area contributed by atoms with Gasteiger partial charge in [-0.25, -0.2) is 0 Å². The van der Waals surface area contributed by atoms with Crippen molar-refractivity contribution in [3.05, 3.63) is 60.2 Å². The topological polar surface area (TPSA) is 63.1 Å². The summed E-state index contributed by atoms with van der Waals surface area (Å²) in [7, 11) is 0. The molecule has 2 rings (SSSR count). The highest BCUT2D eigenvalue weighted by Crippen LogP contribution is 2.20. The summed E-state index contributed by atoms with van der Waals surface area (Å²) in [6.45, 7) is 12.9. The average Bonchev–Trinajstić information content (AvgIpc) is 2.49. The molecule has 0 unspecified atom stereocenters. The number of aromatic nitrogens is 2. The highest BCUT2D eigenvalue weighted by atomic mass is 16.3. The van der Waals surface area contributed by atoms with Gasteiger partial charge in [-0.05, 0) is 46.2 Å². The Morgan fingerprint density at radius 3 is 1.09 bits per heavy atom. The predicted octanol–water partition coefficient (Wildman–Crippen LogP) is 4.46. The van der Waals surface area contributed by atoms with E-state index in [4.69, 9.17) is 9.90 Å². The summed E-state index contributed by atoms with van der Waals surface area (Å²) in [5.41, 5.74) is 3.18. The number of carboxylic acid groups (broad SMARTS) is 1. The van der Waals surface area contributed by atoms with Crippen molar-refractivity contribution in [2.45, 2.75) is 52.4 Å². The zero-order valence-corrected chi connectivity index (χ0v) is 14.9. The number of pyridine rings is 2. The van der Waals surface area contributed by atoms with Crippen molar-refractivity contribution in [3.8, 4) is 0 Å². The first-order valence-electron chi connectivity index (χ1n) is 7.51. The molecule has 0 aliphatic carbocycles. The molecule has 4 nitrogen and oxygen atoms in total. The van der Waals surface area contributed by atoms with Gasteiger partial charge in [0.1, 0.15) is 0 Å². The van der Waals surface area contributed by atoms with Crippen molar-refractivity contribution in [3.63, 3.8) is 0 Å². The van der Waals surface area contributed by atoms with Crippen molar-refractivity contribution < 1.29 is 9.90 Å². The average molecular weight is 316 g/mol. The van der Waals surface area contributed by atoms with Gasteiger partial charge in [0.25, 0.3) is 6.47 Å². The number of rotatable bonds is 0. The van der Waals surface area contributed by atoms with Gasteiger partial charge in [0, 0.05) is 24.8 Å². The van der Waals surface area contributed by atoms with E-state index in [-0.39, 0.29) is 17.3 Å². The first-order chi connectivity index (χ1) is 10.6. The first-order valence-corrected chi connectivity index (χ1v) is 7.51. The van der Waals surface area contributed by atoms with E-state index < -0.39 is 0 Å². The lowest BCUT2D eigenvalue weighted by Crippen LogP contribution is -2.10. The molecule has 0 aliphatic rings. The molecule has 0 aromatic carbocycles. The Balaban J connectivity index is 0.000000360. The van der Waals surface area contributed by atoms with Gasteiger partial charge in [-0.3, -0.25) is 14.8 Å². The normalized spacial score (nSPS) is 10.5. The summed E-state index contributed by atoms with van der Waals surface area (Å²) in [6, 6.07) is 8.22. The Hall–Kier alpha value is -2.23. The molecule has 1 N–H and O–H groups in total. The molecule has 2 aromatic heterocycles. The van der Waals surface area contributed by atoms with Gasteiger partial charge in [0.2, 0.25) is 0 Å². The summed E-state index contributed by atoms with van der Waals surface area (Å²) in [4.78, 5) is 16.3. The molecule has 4 heteroatoms. The molecule has 2 aromatic rings. The van der Waals surface area contributed by atoms with Crippen molar-refractivity contribution in [2.24, 2.45) is 0 Å². The summed E-state index contributed by atoms with van der Waals surface area (Å²) in [6.07, 6.45) is 7.34. The van der Waals surface area contributed by atoms with E-state index in [9.17, 15) is 0 Å². The van der Waals surface area contributed by atoms with Crippen LogP contribution in [0.15, 0.2) is 49.1 Å². The lowest BCUT2D eigenvalue weighted by atomic mass is 9.88. The minimum Gasteiger partial charge on any atom is -0.483 e. The quantitative estimate of drug-likeness (QED) is 0.729. The van der Waals surface area contributed by atoms with Crippen molar-refractivity contribution in [1.29, 1.82) is 0 Å². The van der Waals surface area contributed by atoms with Gasteiger partial charge in [0.15, 0.2) is 0 Å². The van der Waals surface area contributed by atoms with E-state index in [1.54, 1.807) is 0 Å². The van der Waals surface area contributed by atoms with E-state index in [0.717, 1.165) is 0 Å². The second kappa shape index (κ2) is 9.72. The van der Waals surface area contributed by atoms with Crippen LogP contribution in [0.4, 0.5) is 0 Å². The Labute approximate surface area is 139 Å². The van der Waals surface area contributed by atoms with Gasteiger partial charge in [-0.2, -0.15) is 0 Å². The largest absolute Gasteiger partial charge is 0.483 e. The van der Waals surface area contributed by atoms with Crippen LogP contribution in [0.1, 0.15) is 52.7 Å². The number of hydrogen-bond acceptors (Lipinski definition) is 3. The van der Waals surface area contributed by atoms with Crippen molar-refractivity contribution in [2.75, 3.05) is 0 Å². The number of hydrogen-bond donors (Lipinski definition) is 1. The standard InChI is InChI=1S/2C9H13N.CH2O2/c2*1-9(2,3)8-4-6-10-7-5-8;2-1-3/h2*4-7H,1-3H3;1H,(H,2,3). The third kappa shape index (κ3) is 9.40.